The average Bonchev–Trinajstić information content (AvgIpc) is 3.22. The summed E-state index contributed by atoms with van der Waals surface area (Å²) in [4.78, 5) is 32.3. The summed E-state index contributed by atoms with van der Waals surface area (Å²) in [5.74, 6) is -2.77. The number of halogens is 3. The molecule has 164 valence electrons. The van der Waals surface area contributed by atoms with Gasteiger partial charge in [-0.25, -0.2) is 9.78 Å². The van der Waals surface area contributed by atoms with Crippen LogP contribution in [0.5, 0.6) is 0 Å². The predicted octanol–water partition coefficient (Wildman–Crippen LogP) is 2.91. The van der Waals surface area contributed by atoms with Crippen LogP contribution in [0.4, 0.5) is 13.2 Å². The Labute approximate surface area is 174 Å². The van der Waals surface area contributed by atoms with Crippen LogP contribution in [0.15, 0.2) is 49.1 Å². The fourth-order valence-electron chi connectivity index (χ4n) is 3.24. The molecule has 3 heterocycles. The highest BCUT2D eigenvalue weighted by Gasteiger charge is 2.38. The molecule has 1 aromatic carbocycles. The van der Waals surface area contributed by atoms with Gasteiger partial charge in [-0.3, -0.25) is 9.78 Å². The van der Waals surface area contributed by atoms with Crippen molar-refractivity contribution in [3.63, 3.8) is 0 Å². The van der Waals surface area contributed by atoms with Gasteiger partial charge in [-0.2, -0.15) is 13.2 Å². The second kappa shape index (κ2) is 9.13. The van der Waals surface area contributed by atoms with Crippen LogP contribution < -0.4 is 0 Å². The van der Waals surface area contributed by atoms with Crippen molar-refractivity contribution < 1.29 is 32.6 Å². The van der Waals surface area contributed by atoms with Crippen LogP contribution in [-0.4, -0.2) is 62.9 Å². The molecule has 8 nitrogen and oxygen atoms in total. The van der Waals surface area contributed by atoms with Crippen LogP contribution in [0.2, 0.25) is 0 Å². The van der Waals surface area contributed by atoms with Crippen molar-refractivity contribution in [1.29, 1.82) is 0 Å². The Balaban J connectivity index is 0.000000339. The number of hydrogen-bond acceptors (Lipinski definition) is 5. The molecule has 0 radical (unpaired) electrons. The highest BCUT2D eigenvalue weighted by molar-refractivity contribution is 5.97. The van der Waals surface area contributed by atoms with Crippen molar-refractivity contribution in [3.8, 4) is 0 Å². The Hall–Kier alpha value is -3.47. The maximum atomic E-state index is 12.9. The topological polar surface area (TPSA) is 97.5 Å². The van der Waals surface area contributed by atoms with E-state index in [4.69, 9.17) is 14.6 Å². The molecule has 1 unspecified atom stereocenters. The number of carbonyl (C=O) groups excluding carboxylic acids is 1. The summed E-state index contributed by atoms with van der Waals surface area (Å²) in [6.07, 6.45) is 0.182. The van der Waals surface area contributed by atoms with Gasteiger partial charge in [0.25, 0.3) is 5.91 Å². The number of pyridine rings is 1. The van der Waals surface area contributed by atoms with Gasteiger partial charge in [0.15, 0.2) is 0 Å². The van der Waals surface area contributed by atoms with Crippen molar-refractivity contribution in [2.75, 3.05) is 20.3 Å². The number of amides is 1. The summed E-state index contributed by atoms with van der Waals surface area (Å²) >= 11 is 0. The van der Waals surface area contributed by atoms with Gasteiger partial charge in [0.1, 0.15) is 0 Å². The van der Waals surface area contributed by atoms with Gasteiger partial charge in [-0.05, 0) is 12.1 Å². The van der Waals surface area contributed by atoms with E-state index in [-0.39, 0.29) is 11.9 Å². The number of carbonyl (C=O) groups is 2. The van der Waals surface area contributed by atoms with Crippen LogP contribution >= 0.6 is 0 Å². The zero-order valence-corrected chi connectivity index (χ0v) is 16.4. The number of rotatable bonds is 3. The molecule has 1 N–H and O–H groups in total. The number of carboxylic acid groups (broad SMARTS) is 1. The van der Waals surface area contributed by atoms with E-state index in [1.165, 1.54) is 0 Å². The van der Waals surface area contributed by atoms with Gasteiger partial charge in [-0.1, -0.05) is 18.2 Å². The van der Waals surface area contributed by atoms with Gasteiger partial charge in [0, 0.05) is 31.4 Å². The monoisotopic (exact) mass is 436 g/mol. The summed E-state index contributed by atoms with van der Waals surface area (Å²) in [6, 6.07) is 9.79. The molecule has 0 spiro atoms. The maximum absolute atomic E-state index is 12.9. The first-order valence-corrected chi connectivity index (χ1v) is 9.14. The number of alkyl halides is 3. The number of benzene rings is 1. The Bertz CT molecular complexity index is 1080. The number of ether oxygens (including phenoxy) is 1. The van der Waals surface area contributed by atoms with E-state index in [2.05, 4.69) is 14.5 Å². The van der Waals surface area contributed by atoms with Gasteiger partial charge in [0.2, 0.25) is 0 Å². The molecule has 31 heavy (non-hydrogen) atoms. The van der Waals surface area contributed by atoms with Crippen LogP contribution in [0.1, 0.15) is 22.1 Å². The van der Waals surface area contributed by atoms with Crippen LogP contribution in [0.3, 0.4) is 0 Å². The van der Waals surface area contributed by atoms with Crippen molar-refractivity contribution in [1.82, 2.24) is 19.4 Å². The second-order valence-electron chi connectivity index (χ2n) is 6.81. The fraction of sp³-hybridized carbons (Fsp3) is 0.300. The molecule has 1 aliphatic heterocycles. The van der Waals surface area contributed by atoms with E-state index in [0.717, 1.165) is 16.6 Å². The Morgan fingerprint density at radius 3 is 2.65 bits per heavy atom. The summed E-state index contributed by atoms with van der Waals surface area (Å²) in [5, 5.41) is 8.10. The molecule has 0 bridgehead atoms. The van der Waals surface area contributed by atoms with E-state index in [0.29, 0.717) is 25.3 Å². The molecule has 1 aliphatic rings. The lowest BCUT2D eigenvalue weighted by atomic mass is 10.1. The third-order valence-electron chi connectivity index (χ3n) is 4.65. The van der Waals surface area contributed by atoms with Crippen LogP contribution in [0.25, 0.3) is 10.9 Å². The molecule has 1 atom stereocenters. The number of carboxylic acids is 1. The van der Waals surface area contributed by atoms with E-state index in [9.17, 15) is 18.0 Å². The minimum Gasteiger partial charge on any atom is -0.475 e. The Morgan fingerprint density at radius 1 is 1.26 bits per heavy atom. The molecule has 3 aromatic rings. The molecule has 0 saturated carbocycles. The number of hydrogen-bond donors (Lipinski definition) is 1. The third-order valence-corrected chi connectivity index (χ3v) is 4.65. The molecular weight excluding hydrogens is 417 g/mol. The van der Waals surface area contributed by atoms with E-state index >= 15 is 0 Å². The largest absolute Gasteiger partial charge is 0.490 e. The number of para-hydroxylation sites is 1. The van der Waals surface area contributed by atoms with Gasteiger partial charge < -0.3 is 19.3 Å². The number of nitrogens with zero attached hydrogens (tertiary/aromatic N) is 4. The predicted molar refractivity (Wildman–Crippen MR) is 103 cm³/mol. The van der Waals surface area contributed by atoms with E-state index in [1.54, 1.807) is 25.8 Å². The Morgan fingerprint density at radius 2 is 1.97 bits per heavy atom. The summed E-state index contributed by atoms with van der Waals surface area (Å²) in [6.45, 7) is 1.69. The first-order chi connectivity index (χ1) is 14.7. The van der Waals surface area contributed by atoms with Crippen molar-refractivity contribution >= 4 is 22.8 Å². The molecule has 0 saturated heterocycles. The second-order valence-corrected chi connectivity index (χ2v) is 6.81. The van der Waals surface area contributed by atoms with Crippen LogP contribution in [0, 0.1) is 0 Å². The van der Waals surface area contributed by atoms with Crippen LogP contribution in [-0.2, 0) is 16.1 Å². The zero-order chi connectivity index (χ0) is 22.6. The highest BCUT2D eigenvalue weighted by atomic mass is 19.4. The lowest BCUT2D eigenvalue weighted by Gasteiger charge is -2.34. The van der Waals surface area contributed by atoms with E-state index in [1.807, 2.05) is 35.2 Å². The van der Waals surface area contributed by atoms with Gasteiger partial charge >= 0.3 is 12.1 Å². The summed E-state index contributed by atoms with van der Waals surface area (Å²) in [7, 11) is 1.67. The van der Waals surface area contributed by atoms with Crippen molar-refractivity contribution in [2.24, 2.45) is 0 Å². The number of imidazole rings is 1. The fourth-order valence-corrected chi connectivity index (χ4v) is 3.24. The first-order valence-electron chi connectivity index (χ1n) is 9.14. The number of aliphatic carboxylic acids is 1. The van der Waals surface area contributed by atoms with Crippen molar-refractivity contribution in [3.05, 3.63) is 60.3 Å². The molecule has 11 heteroatoms. The average molecular weight is 436 g/mol. The minimum absolute atomic E-state index is 0.0122. The molecule has 4 rings (SSSR count). The molecule has 0 aliphatic carbocycles. The van der Waals surface area contributed by atoms with Gasteiger partial charge in [0.05, 0.1) is 42.3 Å². The Kier molecular flexibility index (Phi) is 6.54. The number of methoxy groups -OCH3 is 1. The van der Waals surface area contributed by atoms with Gasteiger partial charge in [-0.15, -0.1) is 0 Å². The number of fused-ring (bicyclic) bond motifs is 2. The first kappa shape index (κ1) is 22.2. The molecule has 0 fully saturated rings. The normalized spacial score (nSPS) is 15.7. The van der Waals surface area contributed by atoms with Crippen molar-refractivity contribution in [2.45, 2.75) is 18.8 Å². The molecule has 1 amide bonds. The zero-order valence-electron chi connectivity index (χ0n) is 16.4. The van der Waals surface area contributed by atoms with E-state index < -0.39 is 12.1 Å². The molecular formula is C20H19F3N4O4. The highest BCUT2D eigenvalue weighted by Crippen LogP contribution is 2.23. The molecule has 2 aromatic heterocycles. The smallest absolute Gasteiger partial charge is 0.475 e. The quantitative estimate of drug-likeness (QED) is 0.678. The summed E-state index contributed by atoms with van der Waals surface area (Å²) < 4.78 is 39.1. The lowest BCUT2D eigenvalue weighted by Crippen LogP contribution is -2.42. The third kappa shape index (κ3) is 5.18. The number of aromatic nitrogens is 3. The minimum atomic E-state index is -5.08. The summed E-state index contributed by atoms with van der Waals surface area (Å²) in [5.41, 5.74) is 2.52. The SMILES string of the molecule is COCC1CN(C(=O)c2cnc3ccccc3c2)Cc2cncn21.O=C(O)C(F)(F)F. The lowest BCUT2D eigenvalue weighted by molar-refractivity contribution is -0.192. The maximum Gasteiger partial charge on any atom is 0.490 e. The standard InChI is InChI=1S/C18H18N4O2.C2HF3O2/c1-24-11-16-10-21(9-15-8-19-12-22(15)16)18(23)14-6-13-4-2-3-5-17(13)20-7-14;3-2(4,5)1(6)7/h2-8,12,16H,9-11H2,1H3;(H,6,7).